The summed E-state index contributed by atoms with van der Waals surface area (Å²) in [6.07, 6.45) is 8.43. The van der Waals surface area contributed by atoms with Crippen LogP contribution >= 0.6 is 0 Å². The Balaban J connectivity index is 1.68. The van der Waals surface area contributed by atoms with Crippen molar-refractivity contribution in [2.75, 3.05) is 11.9 Å². The number of aromatic nitrogens is 4. The van der Waals surface area contributed by atoms with Crippen LogP contribution in [0.2, 0.25) is 0 Å². The van der Waals surface area contributed by atoms with E-state index in [0.29, 0.717) is 5.92 Å². The predicted octanol–water partition coefficient (Wildman–Crippen LogP) is 4.58. The molecule has 6 nitrogen and oxygen atoms in total. The topological polar surface area (TPSA) is 75.3 Å². The highest BCUT2D eigenvalue weighted by molar-refractivity contribution is 5.72. The van der Waals surface area contributed by atoms with Crippen LogP contribution in [0.15, 0.2) is 55.1 Å². The molecule has 29 heavy (non-hydrogen) atoms. The van der Waals surface area contributed by atoms with E-state index in [1.165, 1.54) is 0 Å². The molecule has 0 spiro atoms. The first-order chi connectivity index (χ1) is 14.0. The smallest absolute Gasteiger partial charge is 0.152 e. The van der Waals surface area contributed by atoms with E-state index in [4.69, 9.17) is 4.98 Å². The number of phenols is 1. The minimum atomic E-state index is 0.282. The molecule has 0 saturated heterocycles. The van der Waals surface area contributed by atoms with Crippen LogP contribution in [0.1, 0.15) is 36.7 Å². The lowest BCUT2D eigenvalue weighted by molar-refractivity contribution is 0.475. The van der Waals surface area contributed by atoms with E-state index in [0.717, 1.165) is 52.5 Å². The van der Waals surface area contributed by atoms with Crippen molar-refractivity contribution in [3.8, 4) is 17.0 Å². The average Bonchev–Trinajstić information content (AvgIpc) is 3.14. The van der Waals surface area contributed by atoms with Crippen LogP contribution in [0.3, 0.4) is 0 Å². The van der Waals surface area contributed by atoms with Gasteiger partial charge in [0.05, 0.1) is 11.9 Å². The van der Waals surface area contributed by atoms with E-state index >= 15 is 0 Å². The summed E-state index contributed by atoms with van der Waals surface area (Å²) in [7, 11) is 0. The van der Waals surface area contributed by atoms with Gasteiger partial charge in [-0.05, 0) is 42.7 Å². The normalized spacial score (nSPS) is 11.3. The molecule has 0 aliphatic heterocycles. The van der Waals surface area contributed by atoms with Crippen molar-refractivity contribution in [3.05, 3.63) is 72.1 Å². The molecule has 148 valence electrons. The molecule has 1 aromatic carbocycles. The number of hydrogen-bond donors (Lipinski definition) is 2. The van der Waals surface area contributed by atoms with E-state index in [1.807, 2.05) is 43.8 Å². The van der Waals surface area contributed by atoms with Crippen LogP contribution in [-0.4, -0.2) is 31.0 Å². The molecule has 4 aromatic rings. The van der Waals surface area contributed by atoms with Crippen molar-refractivity contribution in [2.45, 2.75) is 33.1 Å². The predicted molar refractivity (Wildman–Crippen MR) is 115 cm³/mol. The van der Waals surface area contributed by atoms with E-state index in [-0.39, 0.29) is 5.75 Å². The van der Waals surface area contributed by atoms with Gasteiger partial charge in [0.2, 0.25) is 0 Å². The van der Waals surface area contributed by atoms with Gasteiger partial charge in [0.25, 0.3) is 0 Å². The van der Waals surface area contributed by atoms with E-state index in [9.17, 15) is 5.11 Å². The van der Waals surface area contributed by atoms with Crippen LogP contribution in [0, 0.1) is 6.92 Å². The third kappa shape index (κ3) is 4.06. The molecule has 0 radical (unpaired) electrons. The van der Waals surface area contributed by atoms with Crippen molar-refractivity contribution < 1.29 is 5.11 Å². The third-order valence-corrected chi connectivity index (χ3v) is 4.88. The number of benzene rings is 1. The number of imidazole rings is 1. The molecule has 0 fully saturated rings. The second kappa shape index (κ2) is 7.91. The van der Waals surface area contributed by atoms with Crippen molar-refractivity contribution >= 4 is 11.3 Å². The summed E-state index contributed by atoms with van der Waals surface area (Å²) in [6.45, 7) is 7.04. The van der Waals surface area contributed by atoms with Gasteiger partial charge in [0, 0.05) is 36.6 Å². The molecule has 3 heterocycles. The Hall–Kier alpha value is -3.41. The van der Waals surface area contributed by atoms with Crippen LogP contribution in [-0.2, 0) is 6.42 Å². The van der Waals surface area contributed by atoms with Gasteiger partial charge in [-0.1, -0.05) is 26.0 Å². The molecule has 2 N–H and O–H groups in total. The van der Waals surface area contributed by atoms with Gasteiger partial charge < -0.3 is 10.4 Å². The summed E-state index contributed by atoms with van der Waals surface area (Å²) in [6, 6.07) is 9.38. The number of aromatic hydroxyl groups is 1. The minimum absolute atomic E-state index is 0.282. The largest absolute Gasteiger partial charge is 0.508 e. The zero-order valence-electron chi connectivity index (χ0n) is 16.9. The minimum Gasteiger partial charge on any atom is -0.508 e. The Morgan fingerprint density at radius 3 is 2.62 bits per heavy atom. The SMILES string of the molecule is Cc1cncc(-c2cn3c(C(C)C)ncc3c(NCCc3ccc(O)cc3)n2)c1. The van der Waals surface area contributed by atoms with Gasteiger partial charge in [0.15, 0.2) is 5.82 Å². The summed E-state index contributed by atoms with van der Waals surface area (Å²) in [5, 5.41) is 12.9. The number of anilines is 1. The lowest BCUT2D eigenvalue weighted by atomic mass is 10.1. The molecule has 6 heteroatoms. The average molecular weight is 387 g/mol. The van der Waals surface area contributed by atoms with Crippen LogP contribution in [0.4, 0.5) is 5.82 Å². The summed E-state index contributed by atoms with van der Waals surface area (Å²) >= 11 is 0. The summed E-state index contributed by atoms with van der Waals surface area (Å²) < 4.78 is 2.12. The highest BCUT2D eigenvalue weighted by Crippen LogP contribution is 2.26. The van der Waals surface area contributed by atoms with Gasteiger partial charge in [-0.3, -0.25) is 9.38 Å². The van der Waals surface area contributed by atoms with Gasteiger partial charge in [-0.15, -0.1) is 0 Å². The first kappa shape index (κ1) is 18.9. The van der Waals surface area contributed by atoms with Gasteiger partial charge in [-0.2, -0.15) is 0 Å². The number of hydrogen-bond acceptors (Lipinski definition) is 5. The number of rotatable bonds is 6. The fourth-order valence-corrected chi connectivity index (χ4v) is 3.39. The molecule has 4 rings (SSSR count). The maximum atomic E-state index is 9.44. The first-order valence-corrected chi connectivity index (χ1v) is 9.83. The quantitative estimate of drug-likeness (QED) is 0.506. The van der Waals surface area contributed by atoms with Gasteiger partial charge >= 0.3 is 0 Å². The molecule has 0 unspecified atom stereocenters. The zero-order chi connectivity index (χ0) is 20.4. The molecular formula is C23H25N5O. The molecular weight excluding hydrogens is 362 g/mol. The fraction of sp³-hybridized carbons (Fsp3) is 0.261. The van der Waals surface area contributed by atoms with Crippen molar-refractivity contribution in [2.24, 2.45) is 0 Å². The summed E-state index contributed by atoms with van der Waals surface area (Å²) in [4.78, 5) is 13.8. The van der Waals surface area contributed by atoms with E-state index < -0.39 is 0 Å². The van der Waals surface area contributed by atoms with Crippen molar-refractivity contribution in [1.82, 2.24) is 19.4 Å². The Bertz CT molecular complexity index is 1130. The maximum absolute atomic E-state index is 9.44. The van der Waals surface area contributed by atoms with Crippen LogP contribution in [0.25, 0.3) is 16.8 Å². The highest BCUT2D eigenvalue weighted by atomic mass is 16.3. The van der Waals surface area contributed by atoms with Crippen LogP contribution < -0.4 is 5.32 Å². The monoisotopic (exact) mass is 387 g/mol. The van der Waals surface area contributed by atoms with Gasteiger partial charge in [0.1, 0.15) is 17.1 Å². The molecule has 3 aromatic heterocycles. The number of nitrogens with one attached hydrogen (secondary N) is 1. The second-order valence-corrected chi connectivity index (χ2v) is 7.60. The number of phenolic OH excluding ortho intramolecular Hbond substituents is 1. The third-order valence-electron chi connectivity index (χ3n) is 4.88. The standard InChI is InChI=1S/C23H25N5O/c1-15(2)23-26-13-21-22(25-9-8-17-4-6-19(29)7-5-17)27-20(14-28(21)23)18-10-16(3)11-24-12-18/h4-7,10-15,29H,8-9H2,1-3H3,(H,25,27). The number of aryl methyl sites for hydroxylation is 1. The van der Waals surface area contributed by atoms with E-state index in [2.05, 4.69) is 39.6 Å². The molecule has 0 atom stereocenters. The zero-order valence-corrected chi connectivity index (χ0v) is 16.9. The Morgan fingerprint density at radius 2 is 1.90 bits per heavy atom. The number of pyridine rings is 1. The maximum Gasteiger partial charge on any atom is 0.152 e. The first-order valence-electron chi connectivity index (χ1n) is 9.83. The van der Waals surface area contributed by atoms with Crippen molar-refractivity contribution in [3.63, 3.8) is 0 Å². The highest BCUT2D eigenvalue weighted by Gasteiger charge is 2.14. The second-order valence-electron chi connectivity index (χ2n) is 7.60. The van der Waals surface area contributed by atoms with E-state index in [1.54, 1.807) is 12.1 Å². The van der Waals surface area contributed by atoms with Gasteiger partial charge in [-0.25, -0.2) is 9.97 Å². The molecule has 0 aliphatic carbocycles. The Morgan fingerprint density at radius 1 is 1.10 bits per heavy atom. The number of nitrogens with zero attached hydrogens (tertiary/aromatic N) is 4. The molecule has 0 bridgehead atoms. The number of fused-ring (bicyclic) bond motifs is 1. The lowest BCUT2D eigenvalue weighted by Gasteiger charge is -2.12. The fourth-order valence-electron chi connectivity index (χ4n) is 3.39. The lowest BCUT2D eigenvalue weighted by Crippen LogP contribution is -2.09. The summed E-state index contributed by atoms with van der Waals surface area (Å²) in [5.74, 6) is 2.39. The Kier molecular flexibility index (Phi) is 5.16. The molecule has 0 saturated carbocycles. The molecule has 0 aliphatic rings. The molecule has 0 amide bonds. The summed E-state index contributed by atoms with van der Waals surface area (Å²) in [5.41, 5.74) is 5.06. The Labute approximate surface area is 170 Å². The van der Waals surface area contributed by atoms with Crippen molar-refractivity contribution in [1.29, 1.82) is 0 Å². The van der Waals surface area contributed by atoms with Crippen LogP contribution in [0.5, 0.6) is 5.75 Å².